The fraction of sp³-hybridized carbons (Fsp3) is 0.400. The van der Waals surface area contributed by atoms with Crippen molar-refractivity contribution in [3.8, 4) is 0 Å². The lowest BCUT2D eigenvalue weighted by Crippen LogP contribution is -2.42. The van der Waals surface area contributed by atoms with Crippen LogP contribution in [0.25, 0.3) is 5.76 Å². The molecule has 2 fully saturated rings. The number of ketones is 1. The molecule has 35 heavy (non-hydrogen) atoms. The van der Waals surface area contributed by atoms with Crippen LogP contribution in [0.5, 0.6) is 0 Å². The van der Waals surface area contributed by atoms with Crippen LogP contribution in [0.15, 0.2) is 29.8 Å². The van der Waals surface area contributed by atoms with E-state index < -0.39 is 23.7 Å². The lowest BCUT2D eigenvalue weighted by molar-refractivity contribution is -0.140. The topological polar surface area (TPSA) is 112 Å². The molecule has 1 aromatic carbocycles. The Kier molecular flexibility index (Phi) is 7.30. The predicted octanol–water partition coefficient (Wildman–Crippen LogP) is 2.83. The number of amides is 1. The Morgan fingerprint density at radius 3 is 2.46 bits per heavy atom. The van der Waals surface area contributed by atoms with E-state index in [1.165, 1.54) is 12.0 Å². The van der Waals surface area contributed by atoms with E-state index in [1.807, 2.05) is 0 Å². The molecule has 1 amide bonds. The van der Waals surface area contributed by atoms with E-state index in [2.05, 4.69) is 9.88 Å². The van der Waals surface area contributed by atoms with Crippen LogP contribution in [0.1, 0.15) is 38.9 Å². The third-order valence-corrected chi connectivity index (χ3v) is 6.80. The average molecular weight is 502 g/mol. The molecule has 9 nitrogen and oxygen atoms in total. The van der Waals surface area contributed by atoms with Gasteiger partial charge in [0.15, 0.2) is 0 Å². The molecule has 4 rings (SSSR count). The fourth-order valence-electron chi connectivity index (χ4n) is 4.72. The molecule has 0 unspecified atom stereocenters. The van der Waals surface area contributed by atoms with E-state index in [4.69, 9.17) is 21.1 Å². The van der Waals surface area contributed by atoms with Crippen molar-refractivity contribution < 1.29 is 29.0 Å². The maximum atomic E-state index is 13.3. The molecule has 10 heteroatoms. The number of nitrogens with zero attached hydrogens (tertiary/aromatic N) is 2. The number of Topliss-reactive ketones (excluding diaryl/α,β-unsaturated/α-hetero) is 1. The van der Waals surface area contributed by atoms with E-state index in [1.54, 1.807) is 38.1 Å². The number of aryl methyl sites for hydroxylation is 1. The number of nitrogens with one attached hydrogen (secondary N) is 1. The number of carbonyl (C=O) groups excluding carboxylic acids is 3. The van der Waals surface area contributed by atoms with Gasteiger partial charge < -0.3 is 24.5 Å². The molecule has 0 bridgehead atoms. The van der Waals surface area contributed by atoms with Gasteiger partial charge in [0, 0.05) is 42.5 Å². The number of morpholine rings is 1. The molecule has 0 aliphatic carbocycles. The minimum atomic E-state index is -0.802. The SMILES string of the molecule is COC(=O)c1[nH]c(C)c(C(O)=C2C(=O)C(=O)N(CCN3CCOCC3)[C@@H]2c2ccc(Cl)cc2)c1C. The van der Waals surface area contributed by atoms with Gasteiger partial charge in [-0.25, -0.2) is 4.79 Å². The second-order valence-electron chi connectivity index (χ2n) is 8.61. The Morgan fingerprint density at radius 1 is 1.17 bits per heavy atom. The number of rotatable bonds is 6. The number of aliphatic hydroxyl groups excluding tert-OH is 1. The number of aromatic amines is 1. The van der Waals surface area contributed by atoms with Gasteiger partial charge in [-0.3, -0.25) is 14.5 Å². The van der Waals surface area contributed by atoms with E-state index in [0.717, 1.165) is 13.1 Å². The summed E-state index contributed by atoms with van der Waals surface area (Å²) in [6, 6.07) is 6.04. The Balaban J connectivity index is 1.79. The number of halogens is 1. The summed E-state index contributed by atoms with van der Waals surface area (Å²) in [7, 11) is 1.26. The molecular weight excluding hydrogens is 474 g/mol. The summed E-state index contributed by atoms with van der Waals surface area (Å²) in [6.45, 7) is 6.92. The molecule has 0 saturated carbocycles. The second kappa shape index (κ2) is 10.2. The summed E-state index contributed by atoms with van der Waals surface area (Å²) in [6.07, 6.45) is 0. The maximum absolute atomic E-state index is 13.3. The number of aliphatic hydroxyl groups is 1. The maximum Gasteiger partial charge on any atom is 0.354 e. The first kappa shape index (κ1) is 25.0. The quantitative estimate of drug-likeness (QED) is 0.271. The van der Waals surface area contributed by atoms with Gasteiger partial charge >= 0.3 is 5.97 Å². The Bertz CT molecular complexity index is 1180. The summed E-state index contributed by atoms with van der Waals surface area (Å²) in [5.41, 5.74) is 2.01. The summed E-state index contributed by atoms with van der Waals surface area (Å²) < 4.78 is 10.2. The average Bonchev–Trinajstić information content (AvgIpc) is 3.30. The molecule has 1 aromatic heterocycles. The van der Waals surface area contributed by atoms with Gasteiger partial charge in [0.05, 0.1) is 31.9 Å². The van der Waals surface area contributed by atoms with Gasteiger partial charge in [-0.15, -0.1) is 0 Å². The standard InChI is InChI=1S/C25H28ClN3O6/c1-14-18(15(2)27-20(14)25(33)34-3)22(30)19-21(16-4-6-17(26)7-5-16)29(24(32)23(19)31)9-8-28-10-12-35-13-11-28/h4-7,21,27,30H,8-13H2,1-3H3/t21-/m1/s1. The predicted molar refractivity (Wildman–Crippen MR) is 129 cm³/mol. The smallest absolute Gasteiger partial charge is 0.354 e. The Hall–Kier alpha value is -3.14. The van der Waals surface area contributed by atoms with Crippen LogP contribution in [0, 0.1) is 13.8 Å². The van der Waals surface area contributed by atoms with Crippen LogP contribution in [0.3, 0.4) is 0 Å². The summed E-state index contributed by atoms with van der Waals surface area (Å²) in [4.78, 5) is 45.2. The number of methoxy groups -OCH3 is 1. The molecule has 2 saturated heterocycles. The van der Waals surface area contributed by atoms with Crippen LogP contribution in [-0.4, -0.2) is 84.1 Å². The lowest BCUT2D eigenvalue weighted by atomic mass is 9.94. The highest BCUT2D eigenvalue weighted by Gasteiger charge is 2.46. The van der Waals surface area contributed by atoms with Gasteiger partial charge in [-0.05, 0) is 37.1 Å². The first-order chi connectivity index (χ1) is 16.7. The van der Waals surface area contributed by atoms with Gasteiger partial charge in [0.1, 0.15) is 11.5 Å². The van der Waals surface area contributed by atoms with Crippen molar-refractivity contribution in [1.82, 2.24) is 14.8 Å². The third-order valence-electron chi connectivity index (χ3n) is 6.55. The van der Waals surface area contributed by atoms with Crippen molar-refractivity contribution in [3.05, 3.63) is 62.9 Å². The highest BCUT2D eigenvalue weighted by molar-refractivity contribution is 6.46. The first-order valence-corrected chi connectivity index (χ1v) is 11.7. The molecule has 2 N–H and O–H groups in total. The van der Waals surface area contributed by atoms with Crippen LogP contribution < -0.4 is 0 Å². The molecule has 0 spiro atoms. The molecule has 186 valence electrons. The summed E-state index contributed by atoms with van der Waals surface area (Å²) in [5.74, 6) is -2.38. The fourth-order valence-corrected chi connectivity index (χ4v) is 4.85. The molecule has 3 heterocycles. The number of carbonyl (C=O) groups is 3. The van der Waals surface area contributed by atoms with Crippen molar-refractivity contribution in [3.63, 3.8) is 0 Å². The molecule has 2 aromatic rings. The molecule has 2 aliphatic rings. The number of H-pyrrole nitrogens is 1. The van der Waals surface area contributed by atoms with Crippen molar-refractivity contribution in [1.29, 1.82) is 0 Å². The number of hydrogen-bond donors (Lipinski definition) is 2. The zero-order valence-corrected chi connectivity index (χ0v) is 20.6. The zero-order valence-electron chi connectivity index (χ0n) is 19.9. The number of aromatic nitrogens is 1. The Morgan fingerprint density at radius 2 is 1.83 bits per heavy atom. The second-order valence-corrected chi connectivity index (χ2v) is 9.05. The van der Waals surface area contributed by atoms with Gasteiger partial charge in [0.2, 0.25) is 0 Å². The number of likely N-dealkylation sites (tertiary alicyclic amines) is 1. The summed E-state index contributed by atoms with van der Waals surface area (Å²) in [5, 5.41) is 11.9. The Labute approximate surface area is 208 Å². The van der Waals surface area contributed by atoms with Crippen LogP contribution in [0.4, 0.5) is 0 Å². The molecule has 0 radical (unpaired) electrons. The van der Waals surface area contributed by atoms with Crippen molar-refractivity contribution in [2.75, 3.05) is 46.5 Å². The van der Waals surface area contributed by atoms with Crippen LogP contribution in [0.2, 0.25) is 5.02 Å². The normalized spacial score (nSPS) is 20.5. The largest absolute Gasteiger partial charge is 0.507 e. The van der Waals surface area contributed by atoms with Gasteiger partial charge in [-0.2, -0.15) is 0 Å². The van der Waals surface area contributed by atoms with E-state index in [-0.39, 0.29) is 17.0 Å². The van der Waals surface area contributed by atoms with Gasteiger partial charge in [0.25, 0.3) is 11.7 Å². The molecule has 2 aliphatic heterocycles. The number of benzene rings is 1. The number of ether oxygens (including phenoxy) is 2. The van der Waals surface area contributed by atoms with Gasteiger partial charge in [-0.1, -0.05) is 23.7 Å². The first-order valence-electron chi connectivity index (χ1n) is 11.4. The third kappa shape index (κ3) is 4.71. The molecular formula is C25H28ClN3O6. The molecule has 1 atom stereocenters. The van der Waals surface area contributed by atoms with E-state index >= 15 is 0 Å². The van der Waals surface area contributed by atoms with Crippen molar-refractivity contribution in [2.24, 2.45) is 0 Å². The zero-order chi connectivity index (χ0) is 25.3. The lowest BCUT2D eigenvalue weighted by Gasteiger charge is -2.31. The van der Waals surface area contributed by atoms with Crippen molar-refractivity contribution in [2.45, 2.75) is 19.9 Å². The number of hydrogen-bond acceptors (Lipinski definition) is 7. The highest BCUT2D eigenvalue weighted by Crippen LogP contribution is 2.41. The van der Waals surface area contributed by atoms with E-state index in [9.17, 15) is 19.5 Å². The van der Waals surface area contributed by atoms with Crippen molar-refractivity contribution >= 4 is 35.0 Å². The van der Waals surface area contributed by atoms with Crippen LogP contribution in [-0.2, 0) is 19.1 Å². The minimum absolute atomic E-state index is 0.0269. The van der Waals surface area contributed by atoms with Crippen LogP contribution >= 0.6 is 11.6 Å². The minimum Gasteiger partial charge on any atom is -0.507 e. The van der Waals surface area contributed by atoms with E-state index in [0.29, 0.717) is 53.7 Å². The monoisotopic (exact) mass is 501 g/mol. The number of esters is 1. The highest BCUT2D eigenvalue weighted by atomic mass is 35.5. The summed E-state index contributed by atoms with van der Waals surface area (Å²) >= 11 is 6.08.